The van der Waals surface area contributed by atoms with E-state index in [0.717, 1.165) is 19.3 Å². The zero-order valence-electron chi connectivity index (χ0n) is 9.53. The fourth-order valence-corrected chi connectivity index (χ4v) is 2.80. The van der Waals surface area contributed by atoms with Crippen LogP contribution in [0.25, 0.3) is 0 Å². The molecule has 0 saturated heterocycles. The lowest BCUT2D eigenvalue weighted by Crippen LogP contribution is -2.33. The van der Waals surface area contributed by atoms with Crippen LogP contribution in [0.4, 0.5) is 0 Å². The van der Waals surface area contributed by atoms with Gasteiger partial charge < -0.3 is 0 Å². The summed E-state index contributed by atoms with van der Waals surface area (Å²) < 4.78 is 15.6. The second-order valence-electron chi connectivity index (χ2n) is 4.55. The summed E-state index contributed by atoms with van der Waals surface area (Å²) in [6.07, 6.45) is 7.19. The molecule has 0 heterocycles. The highest BCUT2D eigenvalue weighted by Gasteiger charge is 2.37. The van der Waals surface area contributed by atoms with E-state index >= 15 is 0 Å². The molecule has 64 valence electrons. The summed E-state index contributed by atoms with van der Waals surface area (Å²) in [6.45, 7) is 2.38. The minimum atomic E-state index is -0.860. The highest BCUT2D eigenvalue weighted by atomic mass is 14.4. The van der Waals surface area contributed by atoms with Crippen molar-refractivity contribution in [3.8, 4) is 0 Å². The van der Waals surface area contributed by atoms with E-state index in [9.17, 15) is 0 Å². The Balaban J connectivity index is 2.10. The minimum absolute atomic E-state index is 0.490. The summed E-state index contributed by atoms with van der Waals surface area (Å²) in [4.78, 5) is 0. The van der Waals surface area contributed by atoms with Crippen LogP contribution in [0.2, 0.25) is 0 Å². The Kier molecular flexibility index (Phi) is 1.43. The van der Waals surface area contributed by atoms with E-state index in [2.05, 4.69) is 6.92 Å². The summed E-state index contributed by atoms with van der Waals surface area (Å²) in [5.41, 5.74) is 0.490. The molecule has 2 fully saturated rings. The van der Waals surface area contributed by atoms with E-state index in [1.165, 1.54) is 25.7 Å². The molecule has 0 aromatic heterocycles. The van der Waals surface area contributed by atoms with Gasteiger partial charge in [0.1, 0.15) is 0 Å². The standard InChI is InChI=1S/C11H20/c1-11-8-4-2-6-10(11)7-3-5-9-11/h10H,2-9H2,1H3/t10-,11+/i2D2/m0/s1. The van der Waals surface area contributed by atoms with Gasteiger partial charge in [-0.1, -0.05) is 32.6 Å². The first-order valence-electron chi connectivity index (χ1n) is 6.02. The van der Waals surface area contributed by atoms with Crippen molar-refractivity contribution in [1.29, 1.82) is 0 Å². The van der Waals surface area contributed by atoms with Crippen LogP contribution in [0, 0.1) is 11.3 Å². The van der Waals surface area contributed by atoms with Crippen molar-refractivity contribution in [2.75, 3.05) is 0 Å². The van der Waals surface area contributed by atoms with Crippen molar-refractivity contribution >= 4 is 0 Å². The van der Waals surface area contributed by atoms with E-state index in [-0.39, 0.29) is 0 Å². The van der Waals surface area contributed by atoms with Crippen molar-refractivity contribution in [2.24, 2.45) is 11.3 Å². The molecule has 0 radical (unpaired) electrons. The predicted molar refractivity (Wildman–Crippen MR) is 48.5 cm³/mol. The highest BCUT2D eigenvalue weighted by molar-refractivity contribution is 4.88. The van der Waals surface area contributed by atoms with Crippen LogP contribution in [0.1, 0.15) is 61.0 Å². The molecular weight excluding hydrogens is 132 g/mol. The molecule has 0 bridgehead atoms. The molecule has 0 heteroatoms. The monoisotopic (exact) mass is 154 g/mol. The lowest BCUT2D eigenvalue weighted by Gasteiger charge is -2.45. The molecule has 2 rings (SSSR count). The number of hydrogen-bond acceptors (Lipinski definition) is 0. The average Bonchev–Trinajstić information content (AvgIpc) is 2.05. The third-order valence-electron chi connectivity index (χ3n) is 3.80. The predicted octanol–water partition coefficient (Wildman–Crippen LogP) is 3.76. The topological polar surface area (TPSA) is 0 Å². The molecule has 2 aliphatic carbocycles. The van der Waals surface area contributed by atoms with E-state index in [1.54, 1.807) is 0 Å². The molecule has 2 saturated carbocycles. The third kappa shape index (κ3) is 1.32. The van der Waals surface area contributed by atoms with Crippen molar-refractivity contribution in [1.82, 2.24) is 0 Å². The minimum Gasteiger partial charge on any atom is -0.0594 e. The van der Waals surface area contributed by atoms with Crippen molar-refractivity contribution in [3.63, 3.8) is 0 Å². The van der Waals surface area contributed by atoms with E-state index < -0.39 is 6.37 Å². The Labute approximate surface area is 73.2 Å². The van der Waals surface area contributed by atoms with Gasteiger partial charge in [0, 0.05) is 2.74 Å². The quantitative estimate of drug-likeness (QED) is 0.498. The fourth-order valence-electron chi connectivity index (χ4n) is 2.80. The molecule has 0 unspecified atom stereocenters. The van der Waals surface area contributed by atoms with Gasteiger partial charge in [-0.2, -0.15) is 0 Å². The second kappa shape index (κ2) is 2.80. The molecule has 0 aromatic rings. The average molecular weight is 154 g/mol. The van der Waals surface area contributed by atoms with Crippen LogP contribution >= 0.6 is 0 Å². The lowest BCUT2D eigenvalue weighted by molar-refractivity contribution is 0.0647. The van der Waals surface area contributed by atoms with Gasteiger partial charge in [0.2, 0.25) is 0 Å². The molecule has 0 amide bonds. The van der Waals surface area contributed by atoms with Gasteiger partial charge in [0.05, 0.1) is 0 Å². The van der Waals surface area contributed by atoms with Crippen LogP contribution in [0.5, 0.6) is 0 Å². The molecular formula is C11H20. The molecule has 0 N–H and O–H groups in total. The van der Waals surface area contributed by atoms with E-state index in [4.69, 9.17) is 2.74 Å². The van der Waals surface area contributed by atoms with E-state index in [1.807, 2.05) is 0 Å². The third-order valence-corrected chi connectivity index (χ3v) is 3.80. The largest absolute Gasteiger partial charge is 0.0594 e. The Morgan fingerprint density at radius 3 is 2.91 bits per heavy atom. The molecule has 0 spiro atoms. The Bertz CT molecular complexity index is 200. The van der Waals surface area contributed by atoms with Crippen LogP contribution < -0.4 is 0 Å². The van der Waals surface area contributed by atoms with Crippen LogP contribution in [-0.2, 0) is 0 Å². The first-order chi connectivity index (χ1) is 6.02. The Morgan fingerprint density at radius 2 is 2.00 bits per heavy atom. The second-order valence-corrected chi connectivity index (χ2v) is 4.55. The van der Waals surface area contributed by atoms with Crippen LogP contribution in [0.15, 0.2) is 0 Å². The number of fused-ring (bicyclic) bond motifs is 1. The molecule has 2 atom stereocenters. The summed E-state index contributed by atoms with van der Waals surface area (Å²) in [7, 11) is 0. The summed E-state index contributed by atoms with van der Waals surface area (Å²) in [6, 6.07) is 0. The summed E-state index contributed by atoms with van der Waals surface area (Å²) in [5.74, 6) is 0.671. The maximum Gasteiger partial charge on any atom is 0.0267 e. The maximum atomic E-state index is 7.80. The smallest absolute Gasteiger partial charge is 0.0267 e. The van der Waals surface area contributed by atoms with Gasteiger partial charge >= 0.3 is 0 Å². The van der Waals surface area contributed by atoms with Gasteiger partial charge in [-0.25, -0.2) is 0 Å². The molecule has 0 nitrogen and oxygen atoms in total. The van der Waals surface area contributed by atoms with Gasteiger partial charge in [-0.3, -0.25) is 0 Å². The highest BCUT2D eigenvalue weighted by Crippen LogP contribution is 2.49. The van der Waals surface area contributed by atoms with Gasteiger partial charge in [-0.05, 0) is 37.0 Å². The number of rotatable bonds is 0. The first kappa shape index (κ1) is 5.61. The first-order valence-corrected chi connectivity index (χ1v) is 5.02. The zero-order valence-corrected chi connectivity index (χ0v) is 7.53. The SMILES string of the molecule is [2H]C1([2H])CC[C@]2(C)CCCC[C@@H]2C1. The van der Waals surface area contributed by atoms with E-state index in [0.29, 0.717) is 11.3 Å². The van der Waals surface area contributed by atoms with Gasteiger partial charge in [-0.15, -0.1) is 0 Å². The van der Waals surface area contributed by atoms with Gasteiger partial charge in [0.25, 0.3) is 0 Å². The fraction of sp³-hybridized carbons (Fsp3) is 1.00. The number of hydrogen-bond donors (Lipinski definition) is 0. The summed E-state index contributed by atoms with van der Waals surface area (Å²) in [5, 5.41) is 0. The zero-order chi connectivity index (χ0) is 9.53. The van der Waals surface area contributed by atoms with Crippen LogP contribution in [0.3, 0.4) is 0 Å². The van der Waals surface area contributed by atoms with Crippen LogP contribution in [-0.4, -0.2) is 0 Å². The normalized spacial score (nSPS) is 52.3. The van der Waals surface area contributed by atoms with Crippen molar-refractivity contribution < 1.29 is 2.74 Å². The Hall–Kier alpha value is 0. The molecule has 11 heavy (non-hydrogen) atoms. The molecule has 0 aromatic carbocycles. The van der Waals surface area contributed by atoms with Gasteiger partial charge in [0.15, 0.2) is 0 Å². The van der Waals surface area contributed by atoms with Crippen molar-refractivity contribution in [3.05, 3.63) is 0 Å². The Morgan fingerprint density at radius 1 is 1.18 bits per heavy atom. The summed E-state index contributed by atoms with van der Waals surface area (Å²) >= 11 is 0. The lowest BCUT2D eigenvalue weighted by atomic mass is 9.61. The maximum absolute atomic E-state index is 7.80. The molecule has 2 aliphatic rings. The van der Waals surface area contributed by atoms with Crippen molar-refractivity contribution in [2.45, 2.75) is 58.2 Å². The molecule has 0 aliphatic heterocycles.